The lowest BCUT2D eigenvalue weighted by atomic mass is 10.1. The molecule has 0 N–H and O–H groups in total. The van der Waals surface area contributed by atoms with E-state index in [-0.39, 0.29) is 5.69 Å². The highest BCUT2D eigenvalue weighted by molar-refractivity contribution is 9.10. The van der Waals surface area contributed by atoms with Crippen LogP contribution in [0.15, 0.2) is 27.7 Å². The highest BCUT2D eigenvalue weighted by atomic mass is 79.9. The molecule has 0 saturated carbocycles. The molecule has 0 amide bonds. The van der Waals surface area contributed by atoms with E-state index in [1.54, 1.807) is 19.1 Å². The van der Waals surface area contributed by atoms with Crippen molar-refractivity contribution in [1.29, 1.82) is 0 Å². The molecule has 0 saturated heterocycles. The largest absolute Gasteiger partial charge is 0.275 e. The van der Waals surface area contributed by atoms with Crippen LogP contribution >= 0.6 is 15.9 Å². The molecule has 0 bridgehead atoms. The van der Waals surface area contributed by atoms with Gasteiger partial charge in [-0.3, -0.25) is 10.1 Å². The Balaban J connectivity index is 3.28. The van der Waals surface area contributed by atoms with E-state index in [1.807, 2.05) is 0 Å². The second kappa shape index (κ2) is 4.82. The number of hydrogen-bond donors (Lipinski definition) is 0. The maximum Gasteiger partial charge on any atom is 0.275 e. The number of nitro benzene ring substituents is 1. The van der Waals surface area contributed by atoms with Crippen LogP contribution in [0.25, 0.3) is 0 Å². The monoisotopic (exact) mass is 270 g/mol. The Morgan fingerprint density at radius 3 is 2.80 bits per heavy atom. The second-order valence-electron chi connectivity index (χ2n) is 2.86. The van der Waals surface area contributed by atoms with Gasteiger partial charge < -0.3 is 0 Å². The smallest absolute Gasteiger partial charge is 0.258 e. The summed E-state index contributed by atoms with van der Waals surface area (Å²) in [6.45, 7) is 1.60. The van der Waals surface area contributed by atoms with Gasteiger partial charge in [-0.05, 0) is 19.1 Å². The van der Waals surface area contributed by atoms with E-state index in [4.69, 9.17) is 0 Å². The maximum atomic E-state index is 10.7. The summed E-state index contributed by atoms with van der Waals surface area (Å²) in [5, 5.41) is 10.7. The third kappa shape index (κ3) is 2.71. The molecule has 0 aromatic heterocycles. The van der Waals surface area contributed by atoms with Crippen LogP contribution in [0.3, 0.4) is 0 Å². The highest BCUT2D eigenvalue weighted by Gasteiger charge is 2.18. The average Bonchev–Trinajstić information content (AvgIpc) is 2.17. The van der Waals surface area contributed by atoms with Gasteiger partial charge >= 0.3 is 0 Å². The summed E-state index contributed by atoms with van der Waals surface area (Å²) in [6.07, 6.45) is 1.39. The van der Waals surface area contributed by atoms with Gasteiger partial charge in [-0.25, -0.2) is 4.79 Å². The Kier molecular flexibility index (Phi) is 3.71. The molecule has 78 valence electrons. The van der Waals surface area contributed by atoms with Gasteiger partial charge in [0, 0.05) is 10.5 Å². The fraction of sp³-hybridized carbons (Fsp3) is 0.222. The number of aliphatic imine (C=N–C) groups is 1. The van der Waals surface area contributed by atoms with Crippen LogP contribution in [0.4, 0.5) is 5.69 Å². The lowest BCUT2D eigenvalue weighted by Crippen LogP contribution is -1.98. The SMILES string of the molecule is CC(N=C=O)c1ccc(Br)cc1[N+](=O)[O-]. The molecule has 0 aliphatic carbocycles. The summed E-state index contributed by atoms with van der Waals surface area (Å²) in [7, 11) is 0. The summed E-state index contributed by atoms with van der Waals surface area (Å²) in [4.78, 5) is 23.7. The Morgan fingerprint density at radius 1 is 1.60 bits per heavy atom. The van der Waals surface area contributed by atoms with Crippen molar-refractivity contribution < 1.29 is 9.72 Å². The van der Waals surface area contributed by atoms with Crippen molar-refractivity contribution in [3.63, 3.8) is 0 Å². The predicted molar refractivity (Wildman–Crippen MR) is 57.3 cm³/mol. The molecule has 0 radical (unpaired) electrons. The summed E-state index contributed by atoms with van der Waals surface area (Å²) in [5.74, 6) is 0. The molecule has 0 spiro atoms. The van der Waals surface area contributed by atoms with Crippen molar-refractivity contribution in [3.8, 4) is 0 Å². The fourth-order valence-corrected chi connectivity index (χ4v) is 1.53. The Labute approximate surface area is 94.1 Å². The van der Waals surface area contributed by atoms with Crippen molar-refractivity contribution in [2.75, 3.05) is 0 Å². The Bertz CT molecular complexity index is 441. The van der Waals surface area contributed by atoms with E-state index >= 15 is 0 Å². The third-order valence-electron chi connectivity index (χ3n) is 1.89. The second-order valence-corrected chi connectivity index (χ2v) is 3.77. The molecule has 1 aromatic rings. The van der Waals surface area contributed by atoms with Gasteiger partial charge in [-0.1, -0.05) is 15.9 Å². The first-order chi connectivity index (χ1) is 7.06. The van der Waals surface area contributed by atoms with Gasteiger partial charge in [0.1, 0.15) is 0 Å². The minimum Gasteiger partial charge on any atom is -0.258 e. The van der Waals surface area contributed by atoms with Crippen LogP contribution in [0.5, 0.6) is 0 Å². The average molecular weight is 271 g/mol. The van der Waals surface area contributed by atoms with Gasteiger partial charge in [-0.2, -0.15) is 4.99 Å². The number of halogens is 1. The van der Waals surface area contributed by atoms with Gasteiger partial charge in [0.25, 0.3) is 5.69 Å². The topological polar surface area (TPSA) is 72.6 Å². The molecule has 1 aromatic carbocycles. The predicted octanol–water partition coefficient (Wildman–Crippen LogP) is 2.75. The standard InChI is InChI=1S/C9H7BrN2O3/c1-6(11-5-13)8-3-2-7(10)4-9(8)12(14)15/h2-4,6H,1H3. The number of carbonyl (C=O) groups excluding carboxylic acids is 1. The lowest BCUT2D eigenvalue weighted by Gasteiger charge is -2.05. The number of rotatable bonds is 3. The molecule has 0 fully saturated rings. The van der Waals surface area contributed by atoms with E-state index in [1.165, 1.54) is 12.1 Å². The van der Waals surface area contributed by atoms with Gasteiger partial charge in [0.2, 0.25) is 6.08 Å². The van der Waals surface area contributed by atoms with Crippen LogP contribution in [-0.2, 0) is 4.79 Å². The molecule has 1 atom stereocenters. The van der Waals surface area contributed by atoms with Crippen LogP contribution < -0.4 is 0 Å². The molecule has 1 rings (SSSR count). The first kappa shape index (κ1) is 11.6. The first-order valence-corrected chi connectivity index (χ1v) is 4.86. The zero-order chi connectivity index (χ0) is 11.4. The number of isocyanates is 1. The lowest BCUT2D eigenvalue weighted by molar-refractivity contribution is -0.385. The number of nitro groups is 1. The van der Waals surface area contributed by atoms with E-state index in [2.05, 4.69) is 20.9 Å². The molecular weight excluding hydrogens is 264 g/mol. The first-order valence-electron chi connectivity index (χ1n) is 4.07. The normalized spacial score (nSPS) is 11.6. The van der Waals surface area contributed by atoms with E-state index in [0.717, 1.165) is 0 Å². The third-order valence-corrected chi connectivity index (χ3v) is 2.38. The van der Waals surface area contributed by atoms with E-state index < -0.39 is 11.0 Å². The molecule has 15 heavy (non-hydrogen) atoms. The van der Waals surface area contributed by atoms with Gasteiger partial charge in [-0.15, -0.1) is 0 Å². The summed E-state index contributed by atoms with van der Waals surface area (Å²) in [6, 6.07) is 4.05. The Morgan fingerprint density at radius 2 is 2.27 bits per heavy atom. The summed E-state index contributed by atoms with van der Waals surface area (Å²) in [5.41, 5.74) is 0.336. The maximum absolute atomic E-state index is 10.7. The molecule has 1 unspecified atom stereocenters. The van der Waals surface area contributed by atoms with E-state index in [9.17, 15) is 14.9 Å². The molecule has 0 aliphatic rings. The minimum absolute atomic E-state index is 0.0594. The van der Waals surface area contributed by atoms with Gasteiger partial charge in [0.15, 0.2) is 0 Å². The van der Waals surface area contributed by atoms with Crippen molar-refractivity contribution in [2.24, 2.45) is 4.99 Å². The van der Waals surface area contributed by atoms with Crippen molar-refractivity contribution in [2.45, 2.75) is 13.0 Å². The molecular formula is C9H7BrN2O3. The zero-order valence-electron chi connectivity index (χ0n) is 7.81. The van der Waals surface area contributed by atoms with E-state index in [0.29, 0.717) is 10.0 Å². The van der Waals surface area contributed by atoms with Crippen LogP contribution in [0.1, 0.15) is 18.5 Å². The Hall–Kier alpha value is -1.52. The minimum atomic E-state index is -0.559. The molecule has 0 heterocycles. The molecule has 5 nitrogen and oxygen atoms in total. The van der Waals surface area contributed by atoms with Crippen molar-refractivity contribution >= 4 is 27.7 Å². The van der Waals surface area contributed by atoms with Crippen LogP contribution in [-0.4, -0.2) is 11.0 Å². The van der Waals surface area contributed by atoms with Crippen molar-refractivity contribution in [1.82, 2.24) is 0 Å². The molecule has 6 heteroatoms. The highest BCUT2D eigenvalue weighted by Crippen LogP contribution is 2.29. The number of benzene rings is 1. The number of nitrogens with zero attached hydrogens (tertiary/aromatic N) is 2. The number of hydrogen-bond acceptors (Lipinski definition) is 4. The summed E-state index contributed by atoms with van der Waals surface area (Å²) >= 11 is 3.14. The molecule has 0 aliphatic heterocycles. The van der Waals surface area contributed by atoms with Crippen molar-refractivity contribution in [3.05, 3.63) is 38.3 Å². The fourth-order valence-electron chi connectivity index (χ4n) is 1.18. The van der Waals surface area contributed by atoms with Crippen LogP contribution in [0.2, 0.25) is 0 Å². The van der Waals surface area contributed by atoms with Crippen LogP contribution in [0, 0.1) is 10.1 Å². The zero-order valence-corrected chi connectivity index (χ0v) is 9.39. The van der Waals surface area contributed by atoms with Gasteiger partial charge in [0.05, 0.1) is 16.5 Å². The quantitative estimate of drug-likeness (QED) is 0.367. The summed E-state index contributed by atoms with van der Waals surface area (Å²) < 4.78 is 0.611.